The number of hydrogen-bond acceptors (Lipinski definition) is 6. The zero-order valence-electron chi connectivity index (χ0n) is 15.2. The van der Waals surface area contributed by atoms with Crippen molar-refractivity contribution in [3.8, 4) is 5.75 Å². The van der Waals surface area contributed by atoms with Crippen LogP contribution >= 0.6 is 11.8 Å². The Bertz CT molecular complexity index is 1190. The first-order valence-corrected chi connectivity index (χ1v) is 11.3. The molecule has 0 bridgehead atoms. The number of thioether (sulfide) groups is 1. The lowest BCUT2D eigenvalue weighted by atomic mass is 10.1. The molecule has 28 heavy (non-hydrogen) atoms. The summed E-state index contributed by atoms with van der Waals surface area (Å²) >= 11 is 1.34. The number of imidazole rings is 1. The Morgan fingerprint density at radius 1 is 1.29 bits per heavy atom. The van der Waals surface area contributed by atoms with Gasteiger partial charge in [-0.2, -0.15) is 0 Å². The average molecular weight is 418 g/mol. The van der Waals surface area contributed by atoms with Crippen LogP contribution in [0.1, 0.15) is 22.8 Å². The molecule has 2 aromatic carbocycles. The molecule has 2 N–H and O–H groups in total. The lowest BCUT2D eigenvalue weighted by molar-refractivity contribution is 0.102. The molecule has 0 fully saturated rings. The second-order valence-electron chi connectivity index (χ2n) is 6.47. The highest BCUT2D eigenvalue weighted by molar-refractivity contribution is 7.99. The SMILES string of the molecule is CCn1c(SCC(=O)c2ccc3c(c2)CCO3)nc2cc(S(N)(=O)=O)ccc21. The Labute approximate surface area is 166 Å². The summed E-state index contributed by atoms with van der Waals surface area (Å²) < 4.78 is 30.6. The predicted octanol–water partition coefficient (Wildman–Crippen LogP) is 2.61. The number of benzene rings is 2. The van der Waals surface area contributed by atoms with E-state index in [1.807, 2.05) is 23.6 Å². The van der Waals surface area contributed by atoms with Crippen molar-refractivity contribution in [3.63, 3.8) is 0 Å². The third kappa shape index (κ3) is 3.52. The van der Waals surface area contributed by atoms with Crippen LogP contribution in [0.4, 0.5) is 0 Å². The number of carbonyl (C=O) groups is 1. The van der Waals surface area contributed by atoms with Gasteiger partial charge in [0.15, 0.2) is 10.9 Å². The number of ketones is 1. The van der Waals surface area contributed by atoms with Crippen LogP contribution < -0.4 is 9.88 Å². The molecule has 0 atom stereocenters. The number of nitrogens with two attached hydrogens (primary N) is 1. The molecule has 3 aromatic rings. The number of hydrogen-bond donors (Lipinski definition) is 1. The standard InChI is InChI=1S/C19H19N3O4S2/c1-2-22-16-5-4-14(28(20,24)25)10-15(16)21-19(22)27-11-17(23)12-3-6-18-13(9-12)7-8-26-18/h3-6,9-10H,2,7-8,11H2,1H3,(H2,20,24,25). The summed E-state index contributed by atoms with van der Waals surface area (Å²) in [5.41, 5.74) is 3.07. The van der Waals surface area contributed by atoms with Crippen molar-refractivity contribution in [3.05, 3.63) is 47.5 Å². The van der Waals surface area contributed by atoms with Crippen molar-refractivity contribution < 1.29 is 17.9 Å². The Morgan fingerprint density at radius 2 is 2.11 bits per heavy atom. The van der Waals surface area contributed by atoms with Crippen LogP contribution in [-0.2, 0) is 23.0 Å². The third-order valence-corrected chi connectivity index (χ3v) is 6.56. The summed E-state index contributed by atoms with van der Waals surface area (Å²) in [6.07, 6.45) is 0.821. The Hall–Kier alpha value is -2.36. The fourth-order valence-corrected chi connectivity index (χ4v) is 4.76. The molecule has 0 amide bonds. The van der Waals surface area contributed by atoms with Crippen LogP contribution in [0.15, 0.2) is 46.5 Å². The molecule has 0 saturated carbocycles. The zero-order valence-corrected chi connectivity index (χ0v) is 16.8. The minimum Gasteiger partial charge on any atom is -0.493 e. The van der Waals surface area contributed by atoms with Crippen molar-refractivity contribution in [1.29, 1.82) is 0 Å². The first-order chi connectivity index (χ1) is 13.4. The molecule has 0 saturated heterocycles. The van der Waals surface area contributed by atoms with Crippen LogP contribution in [0.3, 0.4) is 0 Å². The molecule has 1 aliphatic heterocycles. The minimum atomic E-state index is -3.79. The number of Topliss-reactive ketones (excluding diaryl/α,β-unsaturated/α-hetero) is 1. The molecule has 2 heterocycles. The van der Waals surface area contributed by atoms with Gasteiger partial charge in [-0.15, -0.1) is 0 Å². The molecule has 146 valence electrons. The van der Waals surface area contributed by atoms with Crippen molar-refractivity contribution in [2.75, 3.05) is 12.4 Å². The maximum atomic E-state index is 12.6. The third-order valence-electron chi connectivity index (χ3n) is 4.67. The molecule has 7 nitrogen and oxygen atoms in total. The Morgan fingerprint density at radius 3 is 2.86 bits per heavy atom. The van der Waals surface area contributed by atoms with Crippen molar-refractivity contribution in [2.45, 2.75) is 29.9 Å². The molecule has 0 unspecified atom stereocenters. The van der Waals surface area contributed by atoms with E-state index in [4.69, 9.17) is 9.88 Å². The highest BCUT2D eigenvalue weighted by atomic mass is 32.2. The van der Waals surface area contributed by atoms with E-state index in [1.54, 1.807) is 12.1 Å². The fourth-order valence-electron chi connectivity index (χ4n) is 3.25. The van der Waals surface area contributed by atoms with E-state index in [0.29, 0.717) is 29.4 Å². The van der Waals surface area contributed by atoms with Gasteiger partial charge in [-0.05, 0) is 48.9 Å². The van der Waals surface area contributed by atoms with Gasteiger partial charge in [0.2, 0.25) is 10.0 Å². The summed E-state index contributed by atoms with van der Waals surface area (Å²) in [5.74, 6) is 1.10. The van der Waals surface area contributed by atoms with E-state index >= 15 is 0 Å². The fraction of sp³-hybridized carbons (Fsp3) is 0.263. The van der Waals surface area contributed by atoms with Gasteiger partial charge in [0, 0.05) is 18.5 Å². The number of rotatable bonds is 6. The number of aromatic nitrogens is 2. The second-order valence-corrected chi connectivity index (χ2v) is 8.97. The van der Waals surface area contributed by atoms with Crippen molar-refractivity contribution in [2.24, 2.45) is 5.14 Å². The normalized spacial score (nSPS) is 13.5. The van der Waals surface area contributed by atoms with Gasteiger partial charge in [0.25, 0.3) is 0 Å². The molecule has 9 heteroatoms. The van der Waals surface area contributed by atoms with E-state index < -0.39 is 10.0 Å². The lowest BCUT2D eigenvalue weighted by Gasteiger charge is -2.06. The van der Waals surface area contributed by atoms with Gasteiger partial charge in [0.1, 0.15) is 5.75 Å². The minimum absolute atomic E-state index is 0.0136. The number of carbonyl (C=O) groups excluding carboxylic acids is 1. The molecular formula is C19H19N3O4S2. The van der Waals surface area contributed by atoms with Crippen molar-refractivity contribution >= 4 is 38.6 Å². The van der Waals surface area contributed by atoms with Crippen LogP contribution in [0.5, 0.6) is 5.75 Å². The zero-order chi connectivity index (χ0) is 19.9. The Balaban J connectivity index is 1.58. The number of fused-ring (bicyclic) bond motifs is 2. The quantitative estimate of drug-likeness (QED) is 0.488. The first kappa shape index (κ1) is 19.0. The van der Waals surface area contributed by atoms with E-state index in [-0.39, 0.29) is 16.4 Å². The van der Waals surface area contributed by atoms with E-state index in [0.717, 1.165) is 23.3 Å². The number of sulfonamides is 1. The molecule has 4 rings (SSSR count). The lowest BCUT2D eigenvalue weighted by Crippen LogP contribution is -2.11. The molecule has 0 spiro atoms. The summed E-state index contributed by atoms with van der Waals surface area (Å²) in [6.45, 7) is 3.28. The summed E-state index contributed by atoms with van der Waals surface area (Å²) in [4.78, 5) is 17.2. The topological polar surface area (TPSA) is 104 Å². The van der Waals surface area contributed by atoms with Gasteiger partial charge >= 0.3 is 0 Å². The highest BCUT2D eigenvalue weighted by Gasteiger charge is 2.18. The molecule has 1 aliphatic rings. The molecule has 0 radical (unpaired) electrons. The number of aryl methyl sites for hydroxylation is 1. The van der Waals surface area contributed by atoms with Crippen LogP contribution in [0, 0.1) is 0 Å². The van der Waals surface area contributed by atoms with Gasteiger partial charge < -0.3 is 9.30 Å². The van der Waals surface area contributed by atoms with E-state index in [1.165, 1.54) is 23.9 Å². The maximum absolute atomic E-state index is 12.6. The van der Waals surface area contributed by atoms with Crippen LogP contribution in [0.2, 0.25) is 0 Å². The second kappa shape index (κ2) is 7.23. The maximum Gasteiger partial charge on any atom is 0.238 e. The summed E-state index contributed by atoms with van der Waals surface area (Å²) in [5, 5.41) is 5.87. The summed E-state index contributed by atoms with van der Waals surface area (Å²) in [6, 6.07) is 10.1. The van der Waals surface area contributed by atoms with Gasteiger partial charge in [-0.1, -0.05) is 11.8 Å². The highest BCUT2D eigenvalue weighted by Crippen LogP contribution is 2.29. The largest absolute Gasteiger partial charge is 0.493 e. The van der Waals surface area contributed by atoms with Gasteiger partial charge in [0.05, 0.1) is 28.3 Å². The number of nitrogens with zero attached hydrogens (tertiary/aromatic N) is 2. The number of ether oxygens (including phenoxy) is 1. The van der Waals surface area contributed by atoms with E-state index in [9.17, 15) is 13.2 Å². The molecule has 0 aliphatic carbocycles. The van der Waals surface area contributed by atoms with Crippen LogP contribution in [-0.4, -0.2) is 36.1 Å². The van der Waals surface area contributed by atoms with Crippen molar-refractivity contribution in [1.82, 2.24) is 9.55 Å². The van der Waals surface area contributed by atoms with E-state index in [2.05, 4.69) is 4.98 Å². The van der Waals surface area contributed by atoms with Crippen LogP contribution in [0.25, 0.3) is 11.0 Å². The number of primary sulfonamides is 1. The average Bonchev–Trinajstić information content (AvgIpc) is 3.27. The summed E-state index contributed by atoms with van der Waals surface area (Å²) in [7, 11) is -3.79. The Kier molecular flexibility index (Phi) is 4.90. The van der Waals surface area contributed by atoms with Gasteiger partial charge in [-0.3, -0.25) is 4.79 Å². The monoisotopic (exact) mass is 417 g/mol. The smallest absolute Gasteiger partial charge is 0.238 e. The molecular weight excluding hydrogens is 398 g/mol. The molecule has 1 aromatic heterocycles. The first-order valence-electron chi connectivity index (χ1n) is 8.81. The predicted molar refractivity (Wildman–Crippen MR) is 107 cm³/mol. The van der Waals surface area contributed by atoms with Gasteiger partial charge in [-0.25, -0.2) is 18.5 Å².